The molecule has 4 heteroatoms. The fourth-order valence-electron chi connectivity index (χ4n) is 2.90. The number of hydrogen-bond donors (Lipinski definition) is 0. The highest BCUT2D eigenvalue weighted by Gasteiger charge is 2.18. The molecule has 0 aliphatic rings. The predicted molar refractivity (Wildman–Crippen MR) is 90.6 cm³/mol. The minimum atomic E-state index is 0.407. The van der Waals surface area contributed by atoms with Gasteiger partial charge in [0, 0.05) is 37.2 Å². The third-order valence-electron chi connectivity index (χ3n) is 4.15. The van der Waals surface area contributed by atoms with Crippen LogP contribution < -0.4 is 0 Å². The van der Waals surface area contributed by atoms with Gasteiger partial charge >= 0.3 is 0 Å². The lowest BCUT2D eigenvalue weighted by Gasteiger charge is -2.29. The molecule has 0 saturated heterocycles. The van der Waals surface area contributed by atoms with Crippen molar-refractivity contribution in [2.45, 2.75) is 58.7 Å². The van der Waals surface area contributed by atoms with Gasteiger partial charge in [-0.05, 0) is 38.9 Å². The third kappa shape index (κ3) is 4.17. The molecule has 2 aromatic heterocycles. The number of hydrogen-bond acceptors (Lipinski definition) is 3. The van der Waals surface area contributed by atoms with Crippen molar-refractivity contribution in [2.24, 2.45) is 0 Å². The number of unbranched alkanes of at least 4 members (excludes halogenated alkanes) is 1. The first-order chi connectivity index (χ1) is 10.6. The van der Waals surface area contributed by atoms with Crippen LogP contribution in [0.15, 0.2) is 37.1 Å². The van der Waals surface area contributed by atoms with E-state index in [0.717, 1.165) is 13.0 Å². The molecular formula is C18H28N4. The molecule has 2 aromatic rings. The molecule has 0 amide bonds. The van der Waals surface area contributed by atoms with E-state index in [0.29, 0.717) is 12.1 Å². The SMILES string of the molecule is CCCC[C@@H](c1cccnc1)N(C)Cc1cncn1C(C)C. The van der Waals surface area contributed by atoms with Crippen LogP contribution in [0.5, 0.6) is 0 Å². The van der Waals surface area contributed by atoms with Crippen LogP contribution in [0.25, 0.3) is 0 Å². The maximum atomic E-state index is 4.31. The van der Waals surface area contributed by atoms with Crippen LogP contribution in [0.2, 0.25) is 0 Å². The number of imidazole rings is 1. The van der Waals surface area contributed by atoms with Crippen molar-refractivity contribution in [1.82, 2.24) is 19.4 Å². The molecule has 22 heavy (non-hydrogen) atoms. The molecule has 2 heterocycles. The lowest BCUT2D eigenvalue weighted by molar-refractivity contribution is 0.214. The molecule has 0 spiro atoms. The fourth-order valence-corrected chi connectivity index (χ4v) is 2.90. The molecule has 0 saturated carbocycles. The molecule has 0 radical (unpaired) electrons. The first-order valence-corrected chi connectivity index (χ1v) is 8.24. The summed E-state index contributed by atoms with van der Waals surface area (Å²) in [5.74, 6) is 0. The van der Waals surface area contributed by atoms with Crippen LogP contribution in [0.3, 0.4) is 0 Å². The van der Waals surface area contributed by atoms with Gasteiger partial charge in [-0.1, -0.05) is 25.8 Å². The summed E-state index contributed by atoms with van der Waals surface area (Å²) >= 11 is 0. The largest absolute Gasteiger partial charge is 0.331 e. The van der Waals surface area contributed by atoms with Crippen LogP contribution in [0, 0.1) is 0 Å². The molecule has 2 rings (SSSR count). The molecule has 0 aromatic carbocycles. The van der Waals surface area contributed by atoms with E-state index in [9.17, 15) is 0 Å². The van der Waals surface area contributed by atoms with E-state index in [4.69, 9.17) is 0 Å². The summed E-state index contributed by atoms with van der Waals surface area (Å²) in [6.45, 7) is 7.54. The number of aromatic nitrogens is 3. The van der Waals surface area contributed by atoms with Crippen LogP contribution in [0.4, 0.5) is 0 Å². The highest BCUT2D eigenvalue weighted by molar-refractivity contribution is 5.14. The number of nitrogens with zero attached hydrogens (tertiary/aromatic N) is 4. The van der Waals surface area contributed by atoms with Crippen molar-refractivity contribution < 1.29 is 0 Å². The third-order valence-corrected chi connectivity index (χ3v) is 4.15. The van der Waals surface area contributed by atoms with Gasteiger partial charge in [0.25, 0.3) is 0 Å². The summed E-state index contributed by atoms with van der Waals surface area (Å²) in [6.07, 6.45) is 11.4. The second kappa shape index (κ2) is 8.08. The smallest absolute Gasteiger partial charge is 0.0951 e. The summed E-state index contributed by atoms with van der Waals surface area (Å²) in [5.41, 5.74) is 2.57. The van der Waals surface area contributed by atoms with Crippen LogP contribution in [-0.2, 0) is 6.54 Å². The second-order valence-electron chi connectivity index (χ2n) is 6.25. The average Bonchev–Trinajstić information content (AvgIpc) is 2.97. The Hall–Kier alpha value is -1.68. The van der Waals surface area contributed by atoms with Gasteiger partial charge in [0.15, 0.2) is 0 Å². The Bertz CT molecular complexity index is 547. The summed E-state index contributed by atoms with van der Waals surface area (Å²) in [7, 11) is 2.20. The summed E-state index contributed by atoms with van der Waals surface area (Å²) in [4.78, 5) is 11.0. The molecule has 0 aliphatic heterocycles. The Morgan fingerprint density at radius 2 is 2.05 bits per heavy atom. The number of pyridine rings is 1. The molecular weight excluding hydrogens is 272 g/mol. The van der Waals surface area contributed by atoms with Crippen LogP contribution >= 0.6 is 0 Å². The summed E-state index contributed by atoms with van der Waals surface area (Å²) in [6, 6.07) is 5.06. The molecule has 0 aliphatic carbocycles. The zero-order valence-corrected chi connectivity index (χ0v) is 14.2. The maximum Gasteiger partial charge on any atom is 0.0951 e. The molecule has 120 valence electrons. The summed E-state index contributed by atoms with van der Waals surface area (Å²) < 4.78 is 2.25. The highest BCUT2D eigenvalue weighted by atomic mass is 15.2. The number of rotatable bonds is 8. The van der Waals surface area contributed by atoms with Gasteiger partial charge in [0.2, 0.25) is 0 Å². The molecule has 1 atom stereocenters. The van der Waals surface area contributed by atoms with Gasteiger partial charge in [0.1, 0.15) is 0 Å². The van der Waals surface area contributed by atoms with Crippen LogP contribution in [-0.4, -0.2) is 26.5 Å². The molecule has 4 nitrogen and oxygen atoms in total. The standard InChI is InChI=1S/C18H28N4/c1-5-6-9-18(16-8-7-10-19-11-16)21(4)13-17-12-20-14-22(17)15(2)3/h7-8,10-12,14-15,18H,5-6,9,13H2,1-4H3/t18-/m0/s1. The van der Waals surface area contributed by atoms with Gasteiger partial charge in [0.05, 0.1) is 12.0 Å². The Morgan fingerprint density at radius 1 is 1.23 bits per heavy atom. The Kier molecular flexibility index (Phi) is 6.13. The van der Waals surface area contributed by atoms with Crippen molar-refractivity contribution in [3.63, 3.8) is 0 Å². The Morgan fingerprint density at radius 3 is 2.68 bits per heavy atom. The van der Waals surface area contributed by atoms with E-state index in [1.54, 1.807) is 0 Å². The zero-order chi connectivity index (χ0) is 15.9. The molecule has 0 N–H and O–H groups in total. The van der Waals surface area contributed by atoms with Crippen molar-refractivity contribution >= 4 is 0 Å². The van der Waals surface area contributed by atoms with Gasteiger partial charge in [-0.2, -0.15) is 0 Å². The van der Waals surface area contributed by atoms with Gasteiger partial charge in [-0.25, -0.2) is 4.98 Å². The van der Waals surface area contributed by atoms with Crippen molar-refractivity contribution in [2.75, 3.05) is 7.05 Å². The van der Waals surface area contributed by atoms with E-state index in [-0.39, 0.29) is 0 Å². The maximum absolute atomic E-state index is 4.31. The fraction of sp³-hybridized carbons (Fsp3) is 0.556. The van der Waals surface area contributed by atoms with E-state index in [2.05, 4.69) is 53.3 Å². The van der Waals surface area contributed by atoms with Gasteiger partial charge in [-0.3, -0.25) is 9.88 Å². The quantitative estimate of drug-likeness (QED) is 0.732. The van der Waals surface area contributed by atoms with Gasteiger partial charge in [-0.15, -0.1) is 0 Å². The van der Waals surface area contributed by atoms with Gasteiger partial charge < -0.3 is 4.57 Å². The van der Waals surface area contributed by atoms with Crippen molar-refractivity contribution in [1.29, 1.82) is 0 Å². The average molecular weight is 300 g/mol. The normalized spacial score (nSPS) is 13.0. The van der Waals surface area contributed by atoms with Crippen molar-refractivity contribution in [3.05, 3.63) is 48.3 Å². The molecule has 0 bridgehead atoms. The van der Waals surface area contributed by atoms with E-state index in [1.165, 1.54) is 24.1 Å². The minimum Gasteiger partial charge on any atom is -0.331 e. The summed E-state index contributed by atoms with van der Waals surface area (Å²) in [5, 5.41) is 0. The first-order valence-electron chi connectivity index (χ1n) is 8.24. The molecule has 0 fully saturated rings. The second-order valence-corrected chi connectivity index (χ2v) is 6.25. The lowest BCUT2D eigenvalue weighted by Crippen LogP contribution is -2.26. The van der Waals surface area contributed by atoms with E-state index >= 15 is 0 Å². The van der Waals surface area contributed by atoms with Crippen molar-refractivity contribution in [3.8, 4) is 0 Å². The zero-order valence-electron chi connectivity index (χ0n) is 14.2. The topological polar surface area (TPSA) is 34.0 Å². The Labute approximate surface area is 134 Å². The van der Waals surface area contributed by atoms with E-state index in [1.807, 2.05) is 31.0 Å². The van der Waals surface area contributed by atoms with E-state index < -0.39 is 0 Å². The monoisotopic (exact) mass is 300 g/mol. The van der Waals surface area contributed by atoms with Crippen LogP contribution in [0.1, 0.15) is 63.4 Å². The highest BCUT2D eigenvalue weighted by Crippen LogP contribution is 2.26. The lowest BCUT2D eigenvalue weighted by atomic mass is 10.0. The molecule has 0 unspecified atom stereocenters. The minimum absolute atomic E-state index is 0.407. The predicted octanol–water partition coefficient (Wildman–Crippen LogP) is 4.22. The Balaban J connectivity index is 2.15. The first kappa shape index (κ1) is 16.7.